The third-order valence-corrected chi connectivity index (χ3v) is 5.44. The summed E-state index contributed by atoms with van der Waals surface area (Å²) in [6, 6.07) is 7.91. The highest BCUT2D eigenvalue weighted by atomic mass is 35.5. The van der Waals surface area contributed by atoms with Crippen molar-refractivity contribution in [3.63, 3.8) is 0 Å². The van der Waals surface area contributed by atoms with Crippen molar-refractivity contribution in [3.8, 4) is 10.6 Å². The number of carbonyl (C=O) groups excluding carboxylic acids is 2. The summed E-state index contributed by atoms with van der Waals surface area (Å²) in [6.07, 6.45) is 0. The van der Waals surface area contributed by atoms with E-state index in [1.807, 2.05) is 24.4 Å². The minimum absolute atomic E-state index is 0.0151. The second kappa shape index (κ2) is 7.94. The summed E-state index contributed by atoms with van der Waals surface area (Å²) < 4.78 is 13.7. The molecular formula is C17H13ClFN3O2S2. The van der Waals surface area contributed by atoms with E-state index < -0.39 is 17.6 Å². The molecule has 2 heterocycles. The Morgan fingerprint density at radius 1 is 1.27 bits per heavy atom. The van der Waals surface area contributed by atoms with Crippen LogP contribution in [0.5, 0.6) is 0 Å². The highest BCUT2D eigenvalue weighted by molar-refractivity contribution is 7.17. The van der Waals surface area contributed by atoms with Gasteiger partial charge in [-0.3, -0.25) is 9.59 Å². The first-order valence-electron chi connectivity index (χ1n) is 7.48. The molecule has 3 aromatic rings. The predicted molar refractivity (Wildman–Crippen MR) is 103 cm³/mol. The van der Waals surface area contributed by atoms with E-state index in [2.05, 4.69) is 15.6 Å². The average Bonchev–Trinajstić information content (AvgIpc) is 3.21. The Balaban J connectivity index is 1.58. The molecule has 0 saturated carbocycles. The number of thiophene rings is 1. The van der Waals surface area contributed by atoms with Crippen LogP contribution in [0.25, 0.3) is 10.6 Å². The molecule has 134 valence electrons. The normalized spacial score (nSPS) is 10.6. The van der Waals surface area contributed by atoms with Gasteiger partial charge in [-0.1, -0.05) is 17.7 Å². The van der Waals surface area contributed by atoms with Gasteiger partial charge in [-0.05, 0) is 31.2 Å². The minimum Gasteiger partial charge on any atom is -0.343 e. The molecule has 3 rings (SSSR count). The molecule has 0 fully saturated rings. The van der Waals surface area contributed by atoms with E-state index >= 15 is 0 Å². The molecule has 0 unspecified atom stereocenters. The molecule has 1 aromatic carbocycles. The number of benzene rings is 1. The third-order valence-electron chi connectivity index (χ3n) is 3.34. The number of aromatic nitrogens is 1. The molecule has 0 atom stereocenters. The van der Waals surface area contributed by atoms with Crippen LogP contribution in [0, 0.1) is 12.7 Å². The number of rotatable bonds is 5. The number of nitrogens with one attached hydrogen (secondary N) is 2. The zero-order valence-electron chi connectivity index (χ0n) is 13.5. The van der Waals surface area contributed by atoms with Gasteiger partial charge in [0.05, 0.1) is 27.7 Å². The Morgan fingerprint density at radius 3 is 2.77 bits per heavy atom. The van der Waals surface area contributed by atoms with Crippen LogP contribution in [0.1, 0.15) is 15.2 Å². The minimum atomic E-state index is -0.753. The molecule has 2 N–H and O–H groups in total. The van der Waals surface area contributed by atoms with Crippen molar-refractivity contribution in [2.75, 3.05) is 11.9 Å². The van der Waals surface area contributed by atoms with Crippen LogP contribution >= 0.6 is 34.3 Å². The molecule has 9 heteroatoms. The van der Waals surface area contributed by atoms with Gasteiger partial charge in [-0.15, -0.1) is 22.7 Å². The molecule has 5 nitrogen and oxygen atoms in total. The number of aryl methyl sites for hydroxylation is 1. The topological polar surface area (TPSA) is 71.1 Å². The number of nitrogens with zero attached hydrogens (tertiary/aromatic N) is 1. The molecule has 2 amide bonds. The third kappa shape index (κ3) is 4.27. The number of hydrogen-bond donors (Lipinski definition) is 2. The lowest BCUT2D eigenvalue weighted by molar-refractivity contribution is -0.115. The molecule has 0 radical (unpaired) electrons. The van der Waals surface area contributed by atoms with Crippen LogP contribution < -0.4 is 10.6 Å². The van der Waals surface area contributed by atoms with Crippen molar-refractivity contribution in [1.82, 2.24) is 10.3 Å². The molecular weight excluding hydrogens is 397 g/mol. The number of thiazole rings is 1. The molecule has 26 heavy (non-hydrogen) atoms. The van der Waals surface area contributed by atoms with Crippen molar-refractivity contribution in [1.29, 1.82) is 0 Å². The molecule has 0 saturated heterocycles. The smallest absolute Gasteiger partial charge is 0.256 e. The van der Waals surface area contributed by atoms with Gasteiger partial charge in [0.2, 0.25) is 5.91 Å². The Morgan fingerprint density at radius 2 is 2.08 bits per heavy atom. The lowest BCUT2D eigenvalue weighted by Crippen LogP contribution is -2.33. The summed E-state index contributed by atoms with van der Waals surface area (Å²) in [5.74, 6) is -1.96. The van der Waals surface area contributed by atoms with E-state index in [0.717, 1.165) is 16.6 Å². The lowest BCUT2D eigenvalue weighted by atomic mass is 10.2. The van der Waals surface area contributed by atoms with Gasteiger partial charge in [0, 0.05) is 10.3 Å². The Bertz CT molecular complexity index is 950. The van der Waals surface area contributed by atoms with Crippen LogP contribution in [-0.4, -0.2) is 23.3 Å². The maximum absolute atomic E-state index is 13.7. The van der Waals surface area contributed by atoms with E-state index in [-0.39, 0.29) is 17.1 Å². The van der Waals surface area contributed by atoms with Gasteiger partial charge < -0.3 is 10.6 Å². The first kappa shape index (κ1) is 18.5. The first-order chi connectivity index (χ1) is 12.4. The van der Waals surface area contributed by atoms with E-state index in [1.54, 1.807) is 11.3 Å². The van der Waals surface area contributed by atoms with Crippen molar-refractivity contribution in [2.45, 2.75) is 6.92 Å². The summed E-state index contributed by atoms with van der Waals surface area (Å²) in [4.78, 5) is 30.5. The lowest BCUT2D eigenvalue weighted by Gasteiger charge is -2.07. The zero-order valence-corrected chi connectivity index (χ0v) is 15.9. The van der Waals surface area contributed by atoms with Crippen molar-refractivity contribution >= 4 is 51.2 Å². The number of carbonyl (C=O) groups is 2. The standard InChI is InChI=1S/C17H13ClFN3O2S2/c1-9-5-6-13(26-9)12-8-25-17(21-12)22-14(23)7-20-16(24)15-10(18)3-2-4-11(15)19/h2-6,8H,7H2,1H3,(H,20,24)(H,21,22,23). The van der Waals surface area contributed by atoms with E-state index in [9.17, 15) is 14.0 Å². The van der Waals surface area contributed by atoms with E-state index in [1.165, 1.54) is 28.3 Å². The fourth-order valence-electron chi connectivity index (χ4n) is 2.14. The van der Waals surface area contributed by atoms with Gasteiger partial charge in [0.15, 0.2) is 5.13 Å². The summed E-state index contributed by atoms with van der Waals surface area (Å²) in [6.45, 7) is 1.68. The molecule has 0 aliphatic heterocycles. The van der Waals surface area contributed by atoms with Gasteiger partial charge >= 0.3 is 0 Å². The molecule has 2 aromatic heterocycles. The second-order valence-corrected chi connectivity index (χ2v) is 7.83. The number of anilines is 1. The fourth-order valence-corrected chi connectivity index (χ4v) is 4.02. The van der Waals surface area contributed by atoms with Gasteiger partial charge in [-0.25, -0.2) is 9.37 Å². The highest BCUT2D eigenvalue weighted by Gasteiger charge is 2.17. The van der Waals surface area contributed by atoms with Crippen LogP contribution in [0.4, 0.5) is 9.52 Å². The van der Waals surface area contributed by atoms with Crippen molar-refractivity contribution in [2.24, 2.45) is 0 Å². The fraction of sp³-hybridized carbons (Fsp3) is 0.118. The number of hydrogen-bond acceptors (Lipinski definition) is 5. The number of halogens is 2. The average molecular weight is 410 g/mol. The van der Waals surface area contributed by atoms with Crippen molar-refractivity contribution < 1.29 is 14.0 Å². The molecule has 0 spiro atoms. The number of amides is 2. The van der Waals surface area contributed by atoms with Crippen LogP contribution in [-0.2, 0) is 4.79 Å². The molecule has 0 aliphatic carbocycles. The van der Waals surface area contributed by atoms with Gasteiger partial charge in [0.25, 0.3) is 5.91 Å². The highest BCUT2D eigenvalue weighted by Crippen LogP contribution is 2.30. The second-order valence-electron chi connectivity index (χ2n) is 5.28. The summed E-state index contributed by atoms with van der Waals surface area (Å²) in [5.41, 5.74) is 0.497. The van der Waals surface area contributed by atoms with Crippen LogP contribution in [0.3, 0.4) is 0 Å². The summed E-state index contributed by atoms with van der Waals surface area (Å²) in [7, 11) is 0. The predicted octanol–water partition coefficient (Wildman–Crippen LogP) is 4.34. The summed E-state index contributed by atoms with van der Waals surface area (Å²) in [5, 5.41) is 7.21. The van der Waals surface area contributed by atoms with Crippen LogP contribution in [0.2, 0.25) is 5.02 Å². The maximum Gasteiger partial charge on any atom is 0.256 e. The largest absolute Gasteiger partial charge is 0.343 e. The summed E-state index contributed by atoms with van der Waals surface area (Å²) >= 11 is 8.72. The Labute approximate surface area is 161 Å². The zero-order chi connectivity index (χ0) is 18.7. The van der Waals surface area contributed by atoms with E-state index in [4.69, 9.17) is 11.6 Å². The maximum atomic E-state index is 13.7. The van der Waals surface area contributed by atoms with E-state index in [0.29, 0.717) is 5.13 Å². The Kier molecular flexibility index (Phi) is 5.65. The van der Waals surface area contributed by atoms with Gasteiger partial charge in [0.1, 0.15) is 5.82 Å². The monoisotopic (exact) mass is 409 g/mol. The molecule has 0 bridgehead atoms. The Hall–Kier alpha value is -2.29. The van der Waals surface area contributed by atoms with Crippen LogP contribution in [0.15, 0.2) is 35.7 Å². The van der Waals surface area contributed by atoms with Crippen molar-refractivity contribution in [3.05, 3.63) is 57.0 Å². The SMILES string of the molecule is Cc1ccc(-c2csc(NC(=O)CNC(=O)c3c(F)cccc3Cl)n2)s1. The van der Waals surface area contributed by atoms with Gasteiger partial charge in [-0.2, -0.15) is 0 Å². The quantitative estimate of drug-likeness (QED) is 0.658. The molecule has 0 aliphatic rings. The first-order valence-corrected chi connectivity index (χ1v) is 9.56.